The van der Waals surface area contributed by atoms with Crippen LogP contribution in [0.25, 0.3) is 10.9 Å². The molecule has 9 nitrogen and oxygen atoms in total. The molecule has 33 heavy (non-hydrogen) atoms. The van der Waals surface area contributed by atoms with E-state index in [1.54, 1.807) is 23.1 Å². The third-order valence-corrected chi connectivity index (χ3v) is 5.48. The van der Waals surface area contributed by atoms with Crippen molar-refractivity contribution in [2.75, 3.05) is 10.6 Å². The Labute approximate surface area is 189 Å². The van der Waals surface area contributed by atoms with Crippen LogP contribution in [-0.4, -0.2) is 19.5 Å². The first-order valence-corrected chi connectivity index (χ1v) is 10.9. The number of anilines is 2. The van der Waals surface area contributed by atoms with Gasteiger partial charge in [0.1, 0.15) is 17.3 Å². The number of hydrogen-bond donors (Lipinski definition) is 3. The van der Waals surface area contributed by atoms with E-state index in [0.717, 1.165) is 18.4 Å². The molecule has 0 atom stereocenters. The first kappa shape index (κ1) is 22.1. The predicted octanol–water partition coefficient (Wildman–Crippen LogP) is 2.36. The van der Waals surface area contributed by atoms with E-state index >= 15 is 0 Å². The molecule has 0 saturated carbocycles. The molecule has 0 radical (unpaired) electrons. The molecular weight excluding hydrogens is 420 g/mol. The van der Waals surface area contributed by atoms with Gasteiger partial charge in [-0.05, 0) is 24.1 Å². The van der Waals surface area contributed by atoms with Crippen molar-refractivity contribution in [3.63, 3.8) is 0 Å². The maximum atomic E-state index is 12.9. The number of nitrogens with two attached hydrogens (primary N) is 1. The van der Waals surface area contributed by atoms with Crippen molar-refractivity contribution in [1.29, 1.82) is 0 Å². The zero-order chi connectivity index (χ0) is 23.4. The van der Waals surface area contributed by atoms with Gasteiger partial charge >= 0.3 is 5.69 Å². The van der Waals surface area contributed by atoms with Gasteiger partial charge in [0.2, 0.25) is 0 Å². The molecule has 0 bridgehead atoms. The minimum atomic E-state index is -0.579. The molecule has 0 aliphatic rings. The van der Waals surface area contributed by atoms with Crippen molar-refractivity contribution in [3.05, 3.63) is 97.2 Å². The quantitative estimate of drug-likeness (QED) is 0.381. The summed E-state index contributed by atoms with van der Waals surface area (Å²) in [6.45, 7) is 2.86. The van der Waals surface area contributed by atoms with Crippen molar-refractivity contribution in [1.82, 2.24) is 19.5 Å². The van der Waals surface area contributed by atoms with Gasteiger partial charge in [0, 0.05) is 13.1 Å². The zero-order valence-corrected chi connectivity index (χ0v) is 18.4. The average molecular weight is 447 g/mol. The van der Waals surface area contributed by atoms with E-state index in [9.17, 15) is 14.4 Å². The lowest BCUT2D eigenvalue weighted by Crippen LogP contribution is -2.38. The van der Waals surface area contributed by atoms with E-state index in [0.29, 0.717) is 29.8 Å². The molecule has 2 aromatic carbocycles. The van der Waals surface area contributed by atoms with Gasteiger partial charge in [-0.2, -0.15) is 0 Å². The molecule has 9 heteroatoms. The van der Waals surface area contributed by atoms with E-state index in [2.05, 4.69) is 15.0 Å². The van der Waals surface area contributed by atoms with Crippen LogP contribution in [0.4, 0.5) is 11.5 Å². The lowest BCUT2D eigenvalue weighted by atomic mass is 10.2. The Kier molecular flexibility index (Phi) is 6.39. The van der Waals surface area contributed by atoms with Gasteiger partial charge in [-0.1, -0.05) is 55.8 Å². The molecule has 2 aromatic heterocycles. The van der Waals surface area contributed by atoms with Gasteiger partial charge in [0.15, 0.2) is 0 Å². The summed E-state index contributed by atoms with van der Waals surface area (Å²) < 4.78 is 1.38. The monoisotopic (exact) mass is 446 g/mol. The second kappa shape index (κ2) is 9.56. The Bertz CT molecular complexity index is 1440. The Hall–Kier alpha value is -4.14. The van der Waals surface area contributed by atoms with Crippen LogP contribution in [0.3, 0.4) is 0 Å². The maximum absolute atomic E-state index is 12.9. The fourth-order valence-electron chi connectivity index (χ4n) is 3.83. The molecule has 0 saturated heterocycles. The molecule has 4 N–H and O–H groups in total. The molecule has 0 fully saturated rings. The SMILES string of the molecule is CCCCn1c(N)c(N(Cc2ccccc2)Cc2nc3ccccc3c(=O)[nH]2)c(=O)[nH]c1=O. The van der Waals surface area contributed by atoms with Crippen LogP contribution in [0, 0.1) is 0 Å². The Balaban J connectivity index is 1.82. The summed E-state index contributed by atoms with van der Waals surface area (Å²) in [4.78, 5) is 49.4. The Morgan fingerprint density at radius 3 is 2.42 bits per heavy atom. The molecule has 0 unspecified atom stereocenters. The topological polar surface area (TPSA) is 130 Å². The fraction of sp³-hybridized carbons (Fsp3) is 0.250. The molecular formula is C24H26N6O3. The smallest absolute Gasteiger partial charge is 0.330 e. The highest BCUT2D eigenvalue weighted by Gasteiger charge is 2.20. The summed E-state index contributed by atoms with van der Waals surface area (Å²) >= 11 is 0. The van der Waals surface area contributed by atoms with Crippen LogP contribution < -0.4 is 27.4 Å². The molecule has 0 aliphatic heterocycles. The number of nitrogens with one attached hydrogen (secondary N) is 2. The van der Waals surface area contributed by atoms with E-state index in [1.807, 2.05) is 43.3 Å². The third kappa shape index (κ3) is 4.72. The Morgan fingerprint density at radius 1 is 0.939 bits per heavy atom. The summed E-state index contributed by atoms with van der Waals surface area (Å²) in [5.74, 6) is 0.482. The van der Waals surface area contributed by atoms with Gasteiger partial charge in [-0.25, -0.2) is 9.78 Å². The molecule has 0 aliphatic carbocycles. The number of aromatic nitrogens is 4. The van der Waals surface area contributed by atoms with Gasteiger partial charge in [-0.15, -0.1) is 0 Å². The van der Waals surface area contributed by atoms with Gasteiger partial charge in [0.05, 0.1) is 17.4 Å². The minimum Gasteiger partial charge on any atom is -0.383 e. The number of nitrogen functional groups attached to an aromatic ring is 1. The number of unbranched alkanes of at least 4 members (excludes halogenated alkanes) is 1. The number of aromatic amines is 2. The lowest BCUT2D eigenvalue weighted by Gasteiger charge is -2.26. The van der Waals surface area contributed by atoms with Crippen LogP contribution in [0.2, 0.25) is 0 Å². The molecule has 4 aromatic rings. The molecule has 4 rings (SSSR count). The highest BCUT2D eigenvalue weighted by Crippen LogP contribution is 2.21. The van der Waals surface area contributed by atoms with E-state index in [4.69, 9.17) is 5.73 Å². The van der Waals surface area contributed by atoms with Crippen LogP contribution in [0.5, 0.6) is 0 Å². The highest BCUT2D eigenvalue weighted by molar-refractivity contribution is 5.77. The van der Waals surface area contributed by atoms with Crippen LogP contribution in [0.1, 0.15) is 31.2 Å². The number of benzene rings is 2. The Morgan fingerprint density at radius 2 is 1.67 bits per heavy atom. The number of rotatable bonds is 8. The zero-order valence-electron chi connectivity index (χ0n) is 18.4. The minimum absolute atomic E-state index is 0.0938. The van der Waals surface area contributed by atoms with Gasteiger partial charge in [-0.3, -0.25) is 19.1 Å². The van der Waals surface area contributed by atoms with E-state index in [1.165, 1.54) is 4.57 Å². The maximum Gasteiger partial charge on any atom is 0.330 e. The average Bonchev–Trinajstić information content (AvgIpc) is 2.79. The molecule has 170 valence electrons. The second-order valence-electron chi connectivity index (χ2n) is 7.87. The van der Waals surface area contributed by atoms with Crippen molar-refractivity contribution >= 4 is 22.4 Å². The number of fused-ring (bicyclic) bond motifs is 1. The first-order chi connectivity index (χ1) is 16.0. The third-order valence-electron chi connectivity index (χ3n) is 5.48. The molecule has 0 spiro atoms. The van der Waals surface area contributed by atoms with Gasteiger partial charge < -0.3 is 15.6 Å². The number of nitrogens with zero attached hydrogens (tertiary/aromatic N) is 3. The number of H-pyrrole nitrogens is 2. The largest absolute Gasteiger partial charge is 0.383 e. The van der Waals surface area contributed by atoms with Crippen LogP contribution >= 0.6 is 0 Å². The fourth-order valence-corrected chi connectivity index (χ4v) is 3.83. The van der Waals surface area contributed by atoms with Crippen LogP contribution in [0.15, 0.2) is 69.0 Å². The first-order valence-electron chi connectivity index (χ1n) is 10.9. The van der Waals surface area contributed by atoms with E-state index in [-0.39, 0.29) is 23.6 Å². The second-order valence-corrected chi connectivity index (χ2v) is 7.87. The van der Waals surface area contributed by atoms with Crippen molar-refractivity contribution in [2.45, 2.75) is 39.4 Å². The highest BCUT2D eigenvalue weighted by atomic mass is 16.2. The number of para-hydroxylation sites is 1. The summed E-state index contributed by atoms with van der Waals surface area (Å²) in [7, 11) is 0. The van der Waals surface area contributed by atoms with Crippen LogP contribution in [-0.2, 0) is 19.6 Å². The van der Waals surface area contributed by atoms with Gasteiger partial charge in [0.25, 0.3) is 11.1 Å². The van der Waals surface area contributed by atoms with Crippen molar-refractivity contribution in [3.8, 4) is 0 Å². The standard InChI is InChI=1S/C24H26N6O3/c1-2-3-13-30-21(25)20(23(32)28-24(30)33)29(14-16-9-5-4-6-10-16)15-19-26-18-12-8-7-11-17(18)22(31)27-19/h4-12H,2-3,13-15,25H2,1H3,(H,26,27,31)(H,28,32,33). The molecule has 0 amide bonds. The van der Waals surface area contributed by atoms with E-state index < -0.39 is 11.2 Å². The van der Waals surface area contributed by atoms with Crippen molar-refractivity contribution < 1.29 is 0 Å². The lowest BCUT2D eigenvalue weighted by molar-refractivity contribution is 0.601. The predicted molar refractivity (Wildman–Crippen MR) is 129 cm³/mol. The summed E-state index contributed by atoms with van der Waals surface area (Å²) in [6, 6.07) is 16.6. The summed E-state index contributed by atoms with van der Waals surface area (Å²) in [5.41, 5.74) is 6.66. The normalized spacial score (nSPS) is 11.1. The molecule has 2 heterocycles. The van der Waals surface area contributed by atoms with Crippen molar-refractivity contribution in [2.24, 2.45) is 0 Å². The summed E-state index contributed by atoms with van der Waals surface area (Å²) in [6.07, 6.45) is 1.62. The number of hydrogen-bond acceptors (Lipinski definition) is 6. The summed E-state index contributed by atoms with van der Waals surface area (Å²) in [5, 5.41) is 0.487.